The Kier molecular flexibility index (Phi) is 4.66. The van der Waals surface area contributed by atoms with Gasteiger partial charge in [0.1, 0.15) is 0 Å². The second-order valence-electron chi connectivity index (χ2n) is 4.23. The lowest BCUT2D eigenvalue weighted by molar-refractivity contribution is 0.103. The second-order valence-corrected chi connectivity index (χ2v) is 6.37. The first kappa shape index (κ1) is 14.2. The third kappa shape index (κ3) is 3.39. The highest BCUT2D eigenvalue weighted by Crippen LogP contribution is 2.24. The smallest absolute Gasteiger partial charge is 0.265 e. The second kappa shape index (κ2) is 6.26. The Morgan fingerprint density at radius 3 is 2.79 bits per heavy atom. The summed E-state index contributed by atoms with van der Waals surface area (Å²) in [6.45, 7) is 4.17. The molecular formula is C15H17NOS2. The van der Waals surface area contributed by atoms with Gasteiger partial charge in [-0.25, -0.2) is 0 Å². The molecule has 19 heavy (non-hydrogen) atoms. The van der Waals surface area contributed by atoms with E-state index in [2.05, 4.69) is 19.2 Å². The number of carbonyl (C=O) groups excluding carboxylic acids is 1. The summed E-state index contributed by atoms with van der Waals surface area (Å²) in [4.78, 5) is 15.3. The van der Waals surface area contributed by atoms with Crippen molar-refractivity contribution in [3.05, 3.63) is 45.6 Å². The van der Waals surface area contributed by atoms with Crippen molar-refractivity contribution in [3.63, 3.8) is 0 Å². The van der Waals surface area contributed by atoms with Crippen LogP contribution in [0.25, 0.3) is 0 Å². The van der Waals surface area contributed by atoms with Crippen LogP contribution in [-0.4, -0.2) is 12.2 Å². The fourth-order valence-corrected chi connectivity index (χ4v) is 3.34. The summed E-state index contributed by atoms with van der Waals surface area (Å²) in [5.41, 5.74) is 2.11. The highest BCUT2D eigenvalue weighted by atomic mass is 32.2. The lowest BCUT2D eigenvalue weighted by atomic mass is 10.2. The zero-order valence-corrected chi connectivity index (χ0v) is 13.0. The lowest BCUT2D eigenvalue weighted by Gasteiger charge is -2.04. The topological polar surface area (TPSA) is 29.1 Å². The molecule has 2 aromatic rings. The molecule has 0 aliphatic heterocycles. The van der Waals surface area contributed by atoms with Gasteiger partial charge in [0.2, 0.25) is 0 Å². The Hall–Kier alpha value is -1.26. The van der Waals surface area contributed by atoms with Crippen LogP contribution in [0.2, 0.25) is 0 Å². The van der Waals surface area contributed by atoms with E-state index in [0.29, 0.717) is 0 Å². The van der Waals surface area contributed by atoms with Crippen molar-refractivity contribution >= 4 is 34.7 Å². The molecule has 0 atom stereocenters. The molecule has 0 aliphatic rings. The van der Waals surface area contributed by atoms with Gasteiger partial charge < -0.3 is 5.32 Å². The van der Waals surface area contributed by atoms with Crippen LogP contribution in [0, 0.1) is 6.92 Å². The first-order valence-corrected chi connectivity index (χ1v) is 8.23. The van der Waals surface area contributed by atoms with Crippen LogP contribution in [0.15, 0.2) is 35.2 Å². The molecule has 1 amide bonds. The number of hydrogen-bond acceptors (Lipinski definition) is 3. The predicted octanol–water partition coefficient (Wildman–Crippen LogP) is 4.59. The number of carbonyl (C=O) groups is 1. The molecule has 0 aliphatic carbocycles. The van der Waals surface area contributed by atoms with Crippen molar-refractivity contribution in [3.8, 4) is 0 Å². The van der Waals surface area contributed by atoms with Crippen LogP contribution in [0.1, 0.15) is 27.0 Å². The van der Waals surface area contributed by atoms with Crippen LogP contribution in [0.5, 0.6) is 0 Å². The minimum Gasteiger partial charge on any atom is -0.321 e. The van der Waals surface area contributed by atoms with Crippen molar-refractivity contribution in [2.75, 3.05) is 11.6 Å². The average molecular weight is 291 g/mol. The SMILES string of the molecule is CCc1cc(C(=O)Nc2cccc(SC)c2)sc1C. The first-order valence-electron chi connectivity index (χ1n) is 6.18. The third-order valence-corrected chi connectivity index (χ3v) is 4.77. The van der Waals surface area contributed by atoms with Gasteiger partial charge in [-0.05, 0) is 49.4 Å². The number of hydrogen-bond donors (Lipinski definition) is 1. The Morgan fingerprint density at radius 1 is 1.37 bits per heavy atom. The van der Waals surface area contributed by atoms with Crippen LogP contribution in [0.4, 0.5) is 5.69 Å². The number of benzene rings is 1. The monoisotopic (exact) mass is 291 g/mol. The molecule has 0 fully saturated rings. The minimum atomic E-state index is -0.0222. The van der Waals surface area contributed by atoms with Gasteiger partial charge in [0.15, 0.2) is 0 Å². The number of thiophene rings is 1. The summed E-state index contributed by atoms with van der Waals surface area (Å²) in [6.07, 6.45) is 2.99. The van der Waals surface area contributed by atoms with Gasteiger partial charge in [0.25, 0.3) is 5.91 Å². The van der Waals surface area contributed by atoms with Crippen molar-refractivity contribution in [2.24, 2.45) is 0 Å². The summed E-state index contributed by atoms with van der Waals surface area (Å²) in [7, 11) is 0. The normalized spacial score (nSPS) is 10.5. The largest absolute Gasteiger partial charge is 0.321 e. The van der Waals surface area contributed by atoms with E-state index in [-0.39, 0.29) is 5.91 Å². The van der Waals surface area contributed by atoms with Gasteiger partial charge in [-0.2, -0.15) is 0 Å². The lowest BCUT2D eigenvalue weighted by Crippen LogP contribution is -2.10. The van der Waals surface area contributed by atoms with Gasteiger partial charge >= 0.3 is 0 Å². The molecule has 0 bridgehead atoms. The summed E-state index contributed by atoms with van der Waals surface area (Å²) >= 11 is 3.23. The fourth-order valence-electron chi connectivity index (χ4n) is 1.88. The molecule has 2 nitrogen and oxygen atoms in total. The highest BCUT2D eigenvalue weighted by Gasteiger charge is 2.11. The fraction of sp³-hybridized carbons (Fsp3) is 0.267. The molecule has 0 saturated heterocycles. The summed E-state index contributed by atoms with van der Waals surface area (Å²) in [6, 6.07) is 9.89. The molecule has 0 spiro atoms. The van der Waals surface area contributed by atoms with Gasteiger partial charge in [0.05, 0.1) is 4.88 Å². The molecule has 1 aromatic carbocycles. The van der Waals surface area contributed by atoms with E-state index in [0.717, 1.165) is 21.9 Å². The number of anilines is 1. The number of nitrogens with one attached hydrogen (secondary N) is 1. The zero-order valence-electron chi connectivity index (χ0n) is 11.3. The highest BCUT2D eigenvalue weighted by molar-refractivity contribution is 7.98. The molecule has 4 heteroatoms. The Labute approximate surface area is 122 Å². The van der Waals surface area contributed by atoms with E-state index in [1.54, 1.807) is 23.1 Å². The first-order chi connectivity index (χ1) is 9.13. The molecule has 1 heterocycles. The van der Waals surface area contributed by atoms with E-state index in [1.165, 1.54) is 10.4 Å². The van der Waals surface area contributed by atoms with Crippen LogP contribution < -0.4 is 5.32 Å². The summed E-state index contributed by atoms with van der Waals surface area (Å²) in [5, 5.41) is 2.96. The Morgan fingerprint density at radius 2 is 2.16 bits per heavy atom. The molecule has 2 rings (SSSR count). The van der Waals surface area contributed by atoms with E-state index in [9.17, 15) is 4.79 Å². The van der Waals surface area contributed by atoms with E-state index in [1.807, 2.05) is 36.6 Å². The number of aryl methyl sites for hydroxylation is 2. The number of thioether (sulfide) groups is 1. The van der Waals surface area contributed by atoms with Crippen molar-refractivity contribution < 1.29 is 4.79 Å². The Bertz CT molecular complexity index is 590. The van der Waals surface area contributed by atoms with Crippen LogP contribution >= 0.6 is 23.1 Å². The van der Waals surface area contributed by atoms with Gasteiger partial charge in [-0.1, -0.05) is 13.0 Å². The third-order valence-electron chi connectivity index (χ3n) is 2.95. The molecule has 0 saturated carbocycles. The molecule has 1 N–H and O–H groups in total. The molecule has 1 aromatic heterocycles. The van der Waals surface area contributed by atoms with Crippen molar-refractivity contribution in [2.45, 2.75) is 25.2 Å². The molecule has 100 valence electrons. The molecular weight excluding hydrogens is 274 g/mol. The Balaban J connectivity index is 2.15. The van der Waals surface area contributed by atoms with Gasteiger partial charge in [0, 0.05) is 15.5 Å². The quantitative estimate of drug-likeness (QED) is 0.835. The maximum absolute atomic E-state index is 12.2. The van der Waals surface area contributed by atoms with E-state index < -0.39 is 0 Å². The van der Waals surface area contributed by atoms with E-state index >= 15 is 0 Å². The zero-order chi connectivity index (χ0) is 13.8. The number of amides is 1. The van der Waals surface area contributed by atoms with E-state index in [4.69, 9.17) is 0 Å². The molecule has 0 radical (unpaired) electrons. The van der Waals surface area contributed by atoms with Gasteiger partial charge in [-0.3, -0.25) is 4.79 Å². The van der Waals surface area contributed by atoms with Crippen molar-refractivity contribution in [1.82, 2.24) is 0 Å². The van der Waals surface area contributed by atoms with Gasteiger partial charge in [-0.15, -0.1) is 23.1 Å². The average Bonchev–Trinajstić information content (AvgIpc) is 2.80. The van der Waals surface area contributed by atoms with Crippen LogP contribution in [-0.2, 0) is 6.42 Å². The molecule has 0 unspecified atom stereocenters. The number of rotatable bonds is 4. The maximum Gasteiger partial charge on any atom is 0.265 e. The summed E-state index contributed by atoms with van der Waals surface area (Å²) in [5.74, 6) is -0.0222. The van der Waals surface area contributed by atoms with Crippen LogP contribution in [0.3, 0.4) is 0 Å². The standard InChI is InChI=1S/C15H17NOS2/c1-4-11-8-14(19-10(11)2)15(17)16-12-6-5-7-13(9-12)18-3/h5-9H,4H2,1-3H3,(H,16,17). The minimum absolute atomic E-state index is 0.0222. The maximum atomic E-state index is 12.2. The predicted molar refractivity (Wildman–Crippen MR) is 84.6 cm³/mol. The van der Waals surface area contributed by atoms with Crippen molar-refractivity contribution in [1.29, 1.82) is 0 Å². The summed E-state index contributed by atoms with van der Waals surface area (Å²) < 4.78 is 0.